The molecule has 0 radical (unpaired) electrons. The van der Waals surface area contributed by atoms with Gasteiger partial charge in [0.1, 0.15) is 0 Å². The van der Waals surface area contributed by atoms with Crippen LogP contribution in [0.1, 0.15) is 52.4 Å². The predicted octanol–water partition coefficient (Wildman–Crippen LogP) is 2.38. The highest BCUT2D eigenvalue weighted by molar-refractivity contribution is 4.99. The first-order valence-corrected chi connectivity index (χ1v) is 6.53. The van der Waals surface area contributed by atoms with Gasteiger partial charge in [-0.1, -0.05) is 13.8 Å². The van der Waals surface area contributed by atoms with Crippen LogP contribution in [0.25, 0.3) is 0 Å². The van der Waals surface area contributed by atoms with Gasteiger partial charge in [0.05, 0.1) is 0 Å². The second kappa shape index (κ2) is 4.06. The Labute approximate surface area is 94.2 Å². The molecule has 2 heteroatoms. The summed E-state index contributed by atoms with van der Waals surface area (Å²) < 4.78 is 0. The smallest absolute Gasteiger partial charge is 0.0331 e. The summed E-state index contributed by atoms with van der Waals surface area (Å²) in [5.41, 5.74) is 6.93. The van der Waals surface area contributed by atoms with Gasteiger partial charge in [-0.3, -0.25) is 4.90 Å². The summed E-state index contributed by atoms with van der Waals surface area (Å²) in [6, 6.07) is 0. The average molecular weight is 210 g/mol. The molecule has 0 amide bonds. The molecule has 2 N–H and O–H groups in total. The van der Waals surface area contributed by atoms with Gasteiger partial charge in [0.15, 0.2) is 0 Å². The van der Waals surface area contributed by atoms with Crippen molar-refractivity contribution >= 4 is 0 Å². The van der Waals surface area contributed by atoms with Gasteiger partial charge in [0, 0.05) is 12.1 Å². The molecule has 2 aliphatic rings. The van der Waals surface area contributed by atoms with E-state index in [9.17, 15) is 0 Å². The highest BCUT2D eigenvalue weighted by atomic mass is 15.2. The number of likely N-dealkylation sites (tertiary alicyclic amines) is 1. The van der Waals surface area contributed by atoms with Crippen molar-refractivity contribution in [3.8, 4) is 0 Å². The van der Waals surface area contributed by atoms with Crippen LogP contribution < -0.4 is 5.73 Å². The Balaban J connectivity index is 1.98. The lowest BCUT2D eigenvalue weighted by atomic mass is 9.75. The molecule has 0 unspecified atom stereocenters. The molecule has 0 aromatic heterocycles. The van der Waals surface area contributed by atoms with Crippen molar-refractivity contribution in [3.05, 3.63) is 0 Å². The summed E-state index contributed by atoms with van der Waals surface area (Å²) in [5.74, 6) is 0. The van der Waals surface area contributed by atoms with Crippen LogP contribution in [0.2, 0.25) is 0 Å². The fraction of sp³-hybridized carbons (Fsp3) is 1.00. The van der Waals surface area contributed by atoms with Gasteiger partial charge in [-0.15, -0.1) is 0 Å². The van der Waals surface area contributed by atoms with Crippen molar-refractivity contribution in [1.82, 2.24) is 4.90 Å². The van der Waals surface area contributed by atoms with Gasteiger partial charge in [-0.2, -0.15) is 0 Å². The van der Waals surface area contributed by atoms with Crippen LogP contribution in [0.3, 0.4) is 0 Å². The Morgan fingerprint density at radius 2 is 1.73 bits per heavy atom. The fourth-order valence-electron chi connectivity index (χ4n) is 3.13. The SMILES string of the molecule is CC1(C)CCCN(C2(CN)CCC2)CC1. The summed E-state index contributed by atoms with van der Waals surface area (Å²) in [4.78, 5) is 2.70. The maximum absolute atomic E-state index is 5.98. The van der Waals surface area contributed by atoms with Crippen molar-refractivity contribution in [2.45, 2.75) is 57.9 Å². The van der Waals surface area contributed by atoms with E-state index in [2.05, 4.69) is 18.7 Å². The summed E-state index contributed by atoms with van der Waals surface area (Å²) in [6.07, 6.45) is 8.14. The third-order valence-corrected chi connectivity index (χ3v) is 4.68. The Morgan fingerprint density at radius 1 is 1.00 bits per heavy atom. The number of hydrogen-bond acceptors (Lipinski definition) is 2. The third-order valence-electron chi connectivity index (χ3n) is 4.68. The van der Waals surface area contributed by atoms with Gasteiger partial charge < -0.3 is 5.73 Å². The first kappa shape index (κ1) is 11.4. The second-order valence-corrected chi connectivity index (χ2v) is 6.29. The first-order valence-electron chi connectivity index (χ1n) is 6.53. The lowest BCUT2D eigenvalue weighted by Crippen LogP contribution is -2.58. The van der Waals surface area contributed by atoms with Crippen molar-refractivity contribution in [1.29, 1.82) is 0 Å². The minimum atomic E-state index is 0.403. The first-order chi connectivity index (χ1) is 7.08. The van der Waals surface area contributed by atoms with E-state index in [-0.39, 0.29) is 0 Å². The molecule has 0 atom stereocenters. The van der Waals surface area contributed by atoms with Crippen LogP contribution in [-0.4, -0.2) is 30.1 Å². The van der Waals surface area contributed by atoms with Crippen molar-refractivity contribution in [3.63, 3.8) is 0 Å². The standard InChI is InChI=1S/C13H26N2/c1-12(2)5-4-9-15(10-8-12)13(11-14)6-3-7-13/h3-11,14H2,1-2H3. The van der Waals surface area contributed by atoms with E-state index in [1.165, 1.54) is 51.6 Å². The van der Waals surface area contributed by atoms with Crippen LogP contribution in [0.4, 0.5) is 0 Å². The van der Waals surface area contributed by atoms with Gasteiger partial charge >= 0.3 is 0 Å². The molecule has 2 fully saturated rings. The number of rotatable bonds is 2. The largest absolute Gasteiger partial charge is 0.329 e. The monoisotopic (exact) mass is 210 g/mol. The normalized spacial score (nSPS) is 30.6. The van der Waals surface area contributed by atoms with E-state index in [0.717, 1.165) is 6.54 Å². The van der Waals surface area contributed by atoms with Gasteiger partial charge in [0.25, 0.3) is 0 Å². The lowest BCUT2D eigenvalue weighted by molar-refractivity contribution is 0.0242. The van der Waals surface area contributed by atoms with E-state index in [0.29, 0.717) is 11.0 Å². The number of hydrogen-bond donors (Lipinski definition) is 1. The van der Waals surface area contributed by atoms with Crippen molar-refractivity contribution < 1.29 is 0 Å². The number of nitrogens with zero attached hydrogens (tertiary/aromatic N) is 1. The molecule has 0 bridgehead atoms. The zero-order valence-electron chi connectivity index (χ0n) is 10.4. The van der Waals surface area contributed by atoms with E-state index in [1.807, 2.05) is 0 Å². The molecule has 1 saturated heterocycles. The lowest BCUT2D eigenvalue weighted by Gasteiger charge is -2.50. The van der Waals surface area contributed by atoms with Crippen molar-refractivity contribution in [2.75, 3.05) is 19.6 Å². The molecule has 0 spiro atoms. The Morgan fingerprint density at radius 3 is 2.27 bits per heavy atom. The zero-order chi connectivity index (χ0) is 10.9. The molecule has 2 rings (SSSR count). The summed E-state index contributed by atoms with van der Waals surface area (Å²) in [7, 11) is 0. The molecule has 1 saturated carbocycles. The van der Waals surface area contributed by atoms with Gasteiger partial charge in [0.2, 0.25) is 0 Å². The Bertz CT molecular complexity index is 213. The summed E-state index contributed by atoms with van der Waals surface area (Å²) >= 11 is 0. The van der Waals surface area contributed by atoms with Crippen LogP contribution in [-0.2, 0) is 0 Å². The average Bonchev–Trinajstić information content (AvgIpc) is 2.27. The molecular formula is C13H26N2. The second-order valence-electron chi connectivity index (χ2n) is 6.29. The fourth-order valence-corrected chi connectivity index (χ4v) is 3.13. The van der Waals surface area contributed by atoms with Crippen LogP contribution in [0, 0.1) is 5.41 Å². The highest BCUT2D eigenvalue weighted by Crippen LogP contribution is 2.40. The van der Waals surface area contributed by atoms with Crippen LogP contribution >= 0.6 is 0 Å². The van der Waals surface area contributed by atoms with E-state index in [4.69, 9.17) is 5.73 Å². The molecule has 15 heavy (non-hydrogen) atoms. The molecule has 1 heterocycles. The zero-order valence-corrected chi connectivity index (χ0v) is 10.4. The molecular weight excluding hydrogens is 184 g/mol. The topological polar surface area (TPSA) is 29.3 Å². The number of nitrogens with two attached hydrogens (primary N) is 1. The quantitative estimate of drug-likeness (QED) is 0.758. The molecule has 1 aliphatic heterocycles. The summed E-state index contributed by atoms with van der Waals surface area (Å²) in [5, 5.41) is 0. The highest BCUT2D eigenvalue weighted by Gasteiger charge is 2.42. The third kappa shape index (κ3) is 2.21. The minimum Gasteiger partial charge on any atom is -0.329 e. The maximum atomic E-state index is 5.98. The van der Waals surface area contributed by atoms with Gasteiger partial charge in [-0.25, -0.2) is 0 Å². The van der Waals surface area contributed by atoms with Gasteiger partial charge in [-0.05, 0) is 57.0 Å². The van der Waals surface area contributed by atoms with Crippen molar-refractivity contribution in [2.24, 2.45) is 11.1 Å². The van der Waals surface area contributed by atoms with E-state index < -0.39 is 0 Å². The van der Waals surface area contributed by atoms with Crippen LogP contribution in [0.5, 0.6) is 0 Å². The van der Waals surface area contributed by atoms with E-state index in [1.54, 1.807) is 0 Å². The molecule has 0 aromatic rings. The molecule has 2 nitrogen and oxygen atoms in total. The molecule has 88 valence electrons. The van der Waals surface area contributed by atoms with Crippen LogP contribution in [0.15, 0.2) is 0 Å². The Kier molecular flexibility index (Phi) is 3.09. The summed E-state index contributed by atoms with van der Waals surface area (Å²) in [6.45, 7) is 8.23. The Hall–Kier alpha value is -0.0800. The maximum Gasteiger partial charge on any atom is 0.0331 e. The van der Waals surface area contributed by atoms with E-state index >= 15 is 0 Å². The predicted molar refractivity (Wildman–Crippen MR) is 64.8 cm³/mol. The minimum absolute atomic E-state index is 0.403. The molecule has 1 aliphatic carbocycles. The molecule has 0 aromatic carbocycles.